The number of hydrogen-bond donors (Lipinski definition) is 1. The molecule has 0 spiro atoms. The fraction of sp³-hybridized carbons (Fsp3) is 1.00. The fourth-order valence-corrected chi connectivity index (χ4v) is 1.70. The van der Waals surface area contributed by atoms with Crippen LogP contribution >= 0.6 is 7.60 Å². The Bertz CT molecular complexity index is 215. The lowest BCUT2D eigenvalue weighted by Crippen LogP contribution is -2.37. The summed E-state index contributed by atoms with van der Waals surface area (Å²) in [4.78, 5) is 9.38. The van der Waals surface area contributed by atoms with Gasteiger partial charge in [-0.25, -0.2) is 0 Å². The van der Waals surface area contributed by atoms with Gasteiger partial charge >= 0.3 is 7.60 Å². The standard InChI is InChI=1S/C9H22NO4P/c1-5-13-8-9-15(11,12)14-7-6-10(2,3)4/h5-9H2,1-4H3/p+1. The van der Waals surface area contributed by atoms with Gasteiger partial charge in [0.25, 0.3) is 0 Å². The van der Waals surface area contributed by atoms with Crippen LogP contribution in [0, 0.1) is 0 Å². The molecule has 1 unspecified atom stereocenters. The summed E-state index contributed by atoms with van der Waals surface area (Å²) in [5.41, 5.74) is 0. The van der Waals surface area contributed by atoms with Gasteiger partial charge in [0, 0.05) is 6.61 Å². The van der Waals surface area contributed by atoms with Crippen LogP contribution in [0.1, 0.15) is 6.92 Å². The van der Waals surface area contributed by atoms with Crippen LogP contribution in [0.2, 0.25) is 0 Å². The van der Waals surface area contributed by atoms with Crippen molar-refractivity contribution in [3.63, 3.8) is 0 Å². The smallest absolute Gasteiger partial charge is 0.330 e. The van der Waals surface area contributed by atoms with Gasteiger partial charge in [0.2, 0.25) is 0 Å². The molecule has 0 aliphatic carbocycles. The molecule has 0 bridgehead atoms. The lowest BCUT2D eigenvalue weighted by molar-refractivity contribution is -0.870. The third-order valence-electron chi connectivity index (χ3n) is 1.78. The number of hydrogen-bond acceptors (Lipinski definition) is 3. The summed E-state index contributed by atoms with van der Waals surface area (Å²) in [5.74, 6) is 0. The summed E-state index contributed by atoms with van der Waals surface area (Å²) in [7, 11) is 2.57. The van der Waals surface area contributed by atoms with Gasteiger partial charge in [-0.1, -0.05) is 0 Å². The Hall–Kier alpha value is 0.0700. The monoisotopic (exact) mass is 240 g/mol. The van der Waals surface area contributed by atoms with E-state index in [-0.39, 0.29) is 12.8 Å². The zero-order chi connectivity index (χ0) is 11.9. The van der Waals surface area contributed by atoms with Crippen LogP contribution in [0.15, 0.2) is 0 Å². The van der Waals surface area contributed by atoms with Gasteiger partial charge < -0.3 is 18.6 Å². The minimum Gasteiger partial charge on any atom is -0.381 e. The van der Waals surface area contributed by atoms with Crippen molar-refractivity contribution in [1.29, 1.82) is 0 Å². The highest BCUT2D eigenvalue weighted by atomic mass is 31.2. The second-order valence-electron chi connectivity index (χ2n) is 4.41. The molecule has 92 valence electrons. The summed E-state index contributed by atoms with van der Waals surface area (Å²) >= 11 is 0. The number of ether oxygens (including phenoxy) is 1. The zero-order valence-corrected chi connectivity index (χ0v) is 11.0. The molecule has 0 heterocycles. The third-order valence-corrected chi connectivity index (χ3v) is 3.11. The first kappa shape index (κ1) is 15.1. The fourth-order valence-electron chi connectivity index (χ4n) is 0.846. The SMILES string of the molecule is CCOCCP(=O)(O)OCC[N+](C)(C)C. The average Bonchev–Trinajstić information content (AvgIpc) is 2.01. The highest BCUT2D eigenvalue weighted by Gasteiger charge is 2.20. The molecule has 0 aliphatic rings. The van der Waals surface area contributed by atoms with Gasteiger partial charge in [-0.2, -0.15) is 0 Å². The summed E-state index contributed by atoms with van der Waals surface area (Å²) in [5, 5.41) is 0. The molecule has 0 saturated heterocycles. The number of rotatable bonds is 8. The normalized spacial score (nSPS) is 16.3. The van der Waals surface area contributed by atoms with Gasteiger partial charge in [0.1, 0.15) is 13.2 Å². The molecule has 0 aromatic carbocycles. The molecule has 0 fully saturated rings. The van der Waals surface area contributed by atoms with E-state index in [1.54, 1.807) is 0 Å². The van der Waals surface area contributed by atoms with E-state index in [1.165, 1.54) is 0 Å². The topological polar surface area (TPSA) is 55.8 Å². The molecule has 0 aromatic rings. The van der Waals surface area contributed by atoms with Gasteiger partial charge in [-0.05, 0) is 6.92 Å². The molecule has 6 heteroatoms. The Labute approximate surface area is 92.1 Å². The van der Waals surface area contributed by atoms with E-state index in [1.807, 2.05) is 28.1 Å². The maximum atomic E-state index is 11.4. The Balaban J connectivity index is 3.69. The molecule has 0 amide bonds. The highest BCUT2D eigenvalue weighted by molar-refractivity contribution is 7.52. The van der Waals surface area contributed by atoms with Gasteiger partial charge in [0.05, 0.1) is 33.9 Å². The molecule has 5 nitrogen and oxygen atoms in total. The molecule has 15 heavy (non-hydrogen) atoms. The maximum Gasteiger partial charge on any atom is 0.330 e. The predicted molar refractivity (Wildman–Crippen MR) is 60.0 cm³/mol. The van der Waals surface area contributed by atoms with Crippen molar-refractivity contribution >= 4 is 7.60 Å². The third kappa shape index (κ3) is 10.4. The van der Waals surface area contributed by atoms with Crippen LogP contribution in [0.3, 0.4) is 0 Å². The maximum absolute atomic E-state index is 11.4. The lowest BCUT2D eigenvalue weighted by atomic mass is 10.5. The Kier molecular flexibility index (Phi) is 6.64. The number of likely N-dealkylation sites (N-methyl/N-ethyl adjacent to an activating group) is 1. The molecular weight excluding hydrogens is 217 g/mol. The van der Waals surface area contributed by atoms with Crippen molar-refractivity contribution in [3.8, 4) is 0 Å². The molecular formula is C9H23NO4P+. The first-order valence-corrected chi connectivity index (χ1v) is 6.88. The minimum absolute atomic E-state index is 0.0674. The molecule has 0 saturated carbocycles. The Morgan fingerprint density at radius 2 is 1.87 bits per heavy atom. The van der Waals surface area contributed by atoms with Crippen LogP contribution in [0.5, 0.6) is 0 Å². The van der Waals surface area contributed by atoms with Crippen LogP contribution < -0.4 is 0 Å². The molecule has 0 aliphatic heterocycles. The van der Waals surface area contributed by atoms with Crippen molar-refractivity contribution in [2.75, 3.05) is 53.7 Å². The van der Waals surface area contributed by atoms with Gasteiger partial charge in [-0.15, -0.1) is 0 Å². The lowest BCUT2D eigenvalue weighted by Gasteiger charge is -2.24. The predicted octanol–water partition coefficient (Wildman–Crippen LogP) is 0.931. The van der Waals surface area contributed by atoms with Crippen LogP contribution in [0.25, 0.3) is 0 Å². The van der Waals surface area contributed by atoms with Crippen LogP contribution in [-0.2, 0) is 13.8 Å². The van der Waals surface area contributed by atoms with Crippen LogP contribution in [0.4, 0.5) is 0 Å². The number of nitrogens with zero attached hydrogens (tertiary/aromatic N) is 1. The van der Waals surface area contributed by atoms with Gasteiger partial charge in [-0.3, -0.25) is 4.57 Å². The van der Waals surface area contributed by atoms with E-state index in [4.69, 9.17) is 9.26 Å². The van der Waals surface area contributed by atoms with Crippen molar-refractivity contribution in [2.45, 2.75) is 6.92 Å². The Morgan fingerprint density at radius 3 is 2.33 bits per heavy atom. The van der Waals surface area contributed by atoms with E-state index in [9.17, 15) is 9.46 Å². The molecule has 1 N–H and O–H groups in total. The van der Waals surface area contributed by atoms with Crippen molar-refractivity contribution in [3.05, 3.63) is 0 Å². The van der Waals surface area contributed by atoms with Gasteiger partial charge in [0.15, 0.2) is 0 Å². The van der Waals surface area contributed by atoms with E-state index in [0.29, 0.717) is 24.2 Å². The molecule has 1 atom stereocenters. The largest absolute Gasteiger partial charge is 0.381 e. The molecule has 0 radical (unpaired) electrons. The van der Waals surface area contributed by atoms with Crippen LogP contribution in [-0.4, -0.2) is 63.0 Å². The average molecular weight is 240 g/mol. The summed E-state index contributed by atoms with van der Waals surface area (Å²) in [6, 6.07) is 0. The minimum atomic E-state index is -3.44. The van der Waals surface area contributed by atoms with E-state index in [2.05, 4.69) is 0 Å². The zero-order valence-electron chi connectivity index (χ0n) is 10.1. The van der Waals surface area contributed by atoms with E-state index < -0.39 is 7.60 Å². The van der Waals surface area contributed by atoms with E-state index >= 15 is 0 Å². The summed E-state index contributed by atoms with van der Waals surface area (Å²) in [6.45, 7) is 3.68. The Morgan fingerprint density at radius 1 is 1.27 bits per heavy atom. The highest BCUT2D eigenvalue weighted by Crippen LogP contribution is 2.41. The van der Waals surface area contributed by atoms with Crippen molar-refractivity contribution in [2.24, 2.45) is 0 Å². The van der Waals surface area contributed by atoms with E-state index in [0.717, 1.165) is 0 Å². The first-order chi connectivity index (χ1) is 6.77. The van der Waals surface area contributed by atoms with Crippen molar-refractivity contribution < 1.29 is 23.2 Å². The first-order valence-electron chi connectivity index (χ1n) is 5.11. The molecule has 0 rings (SSSR count). The summed E-state index contributed by atoms with van der Waals surface area (Å²) in [6.07, 6.45) is 0.0674. The molecule has 0 aromatic heterocycles. The number of quaternary nitrogens is 1. The quantitative estimate of drug-likeness (QED) is 0.389. The van der Waals surface area contributed by atoms with Crippen molar-refractivity contribution in [1.82, 2.24) is 0 Å². The summed E-state index contributed by atoms with van der Waals surface area (Å²) < 4.78 is 22.1. The second kappa shape index (κ2) is 6.61. The second-order valence-corrected chi connectivity index (χ2v) is 6.39.